The average Bonchev–Trinajstić information content (AvgIpc) is 2.67. The Bertz CT molecular complexity index is 648. The number of ketones is 1. The molecule has 0 saturated heterocycles. The second-order valence-electron chi connectivity index (χ2n) is 11.6. The maximum atomic E-state index is 12.9. The van der Waals surface area contributed by atoms with E-state index in [0.29, 0.717) is 32.4 Å². The van der Waals surface area contributed by atoms with Gasteiger partial charge in [0.15, 0.2) is 5.78 Å². The van der Waals surface area contributed by atoms with Crippen LogP contribution in [0.1, 0.15) is 95.4 Å². The molecule has 0 aliphatic heterocycles. The van der Waals surface area contributed by atoms with E-state index in [1.165, 1.54) is 6.92 Å². The van der Waals surface area contributed by atoms with Crippen LogP contribution < -0.4 is 5.32 Å². The zero-order chi connectivity index (χ0) is 26.1. The van der Waals surface area contributed by atoms with E-state index in [1.807, 2.05) is 13.8 Å². The predicted octanol–water partition coefficient (Wildman–Crippen LogP) is 4.70. The number of ether oxygens (including phenoxy) is 3. The molecule has 0 radical (unpaired) electrons. The van der Waals surface area contributed by atoms with Crippen molar-refractivity contribution in [3.8, 4) is 0 Å². The summed E-state index contributed by atoms with van der Waals surface area (Å²) >= 11 is 0. The molecule has 0 saturated carbocycles. The Balaban J connectivity index is 4.39. The third kappa shape index (κ3) is 10.6. The SMILES string of the molecule is CCC(C)(OCCCOC(=O)C(C)NCCOC(=O)C(C)(CC(C)(C)C)C(C)(C)C)C(C)=O. The van der Waals surface area contributed by atoms with Crippen LogP contribution in [0.5, 0.6) is 0 Å². The van der Waals surface area contributed by atoms with Gasteiger partial charge in [0.05, 0.1) is 18.6 Å². The molecule has 0 aliphatic rings. The molecule has 0 bridgehead atoms. The lowest BCUT2D eigenvalue weighted by Crippen LogP contribution is -2.45. The number of hydrogen-bond donors (Lipinski definition) is 1. The molecule has 0 aromatic rings. The van der Waals surface area contributed by atoms with Crippen LogP contribution in [0.15, 0.2) is 0 Å². The topological polar surface area (TPSA) is 90.9 Å². The van der Waals surface area contributed by atoms with Crippen LogP contribution in [0.4, 0.5) is 0 Å². The lowest BCUT2D eigenvalue weighted by Gasteiger charge is -2.43. The highest BCUT2D eigenvalue weighted by molar-refractivity contribution is 5.84. The quantitative estimate of drug-likeness (QED) is 0.290. The largest absolute Gasteiger partial charge is 0.464 e. The van der Waals surface area contributed by atoms with Crippen LogP contribution >= 0.6 is 0 Å². The Kier molecular flexibility index (Phi) is 12.3. The monoisotopic (exact) mass is 471 g/mol. The second kappa shape index (κ2) is 12.8. The number of rotatable bonds is 14. The Hall–Kier alpha value is -1.47. The molecule has 0 aliphatic carbocycles. The maximum Gasteiger partial charge on any atom is 0.322 e. The van der Waals surface area contributed by atoms with Gasteiger partial charge in [-0.1, -0.05) is 48.5 Å². The fourth-order valence-electron chi connectivity index (χ4n) is 3.47. The third-order valence-electron chi connectivity index (χ3n) is 6.50. The smallest absolute Gasteiger partial charge is 0.322 e. The summed E-state index contributed by atoms with van der Waals surface area (Å²) in [6.07, 6.45) is 1.82. The fourth-order valence-corrected chi connectivity index (χ4v) is 3.47. The lowest BCUT2D eigenvalue weighted by molar-refractivity contribution is -0.164. The first-order valence-corrected chi connectivity index (χ1v) is 12.1. The summed E-state index contributed by atoms with van der Waals surface area (Å²) in [7, 11) is 0. The zero-order valence-electron chi connectivity index (χ0n) is 23.0. The molecule has 0 aromatic carbocycles. The van der Waals surface area contributed by atoms with Gasteiger partial charge in [0.1, 0.15) is 18.2 Å². The standard InChI is InChI=1S/C26H49NO6/c1-12-26(11,20(3)28)33-16-13-15-31-21(29)19(2)27-14-17-32-22(30)25(10,24(7,8)9)18-23(4,5)6/h19,27H,12-18H2,1-11H3. The highest BCUT2D eigenvalue weighted by atomic mass is 16.5. The second-order valence-corrected chi connectivity index (χ2v) is 11.6. The van der Waals surface area contributed by atoms with E-state index in [2.05, 4.69) is 46.9 Å². The van der Waals surface area contributed by atoms with Crippen molar-refractivity contribution in [1.82, 2.24) is 5.32 Å². The van der Waals surface area contributed by atoms with Gasteiger partial charge in [-0.25, -0.2) is 0 Å². The van der Waals surface area contributed by atoms with Crippen LogP contribution in [0.3, 0.4) is 0 Å². The van der Waals surface area contributed by atoms with E-state index in [0.717, 1.165) is 0 Å². The van der Waals surface area contributed by atoms with Gasteiger partial charge >= 0.3 is 11.9 Å². The summed E-state index contributed by atoms with van der Waals surface area (Å²) in [4.78, 5) is 36.7. The minimum Gasteiger partial charge on any atom is -0.464 e. The van der Waals surface area contributed by atoms with Gasteiger partial charge < -0.3 is 19.5 Å². The van der Waals surface area contributed by atoms with Crippen LogP contribution in [-0.2, 0) is 28.6 Å². The fraction of sp³-hybridized carbons (Fsp3) is 0.885. The Morgan fingerprint density at radius 3 is 1.91 bits per heavy atom. The minimum atomic E-state index is -0.785. The van der Waals surface area contributed by atoms with E-state index in [9.17, 15) is 14.4 Å². The Labute approximate surface area is 201 Å². The van der Waals surface area contributed by atoms with Gasteiger partial charge in [-0.15, -0.1) is 0 Å². The molecular formula is C26H49NO6. The molecule has 0 fully saturated rings. The molecule has 3 unspecified atom stereocenters. The summed E-state index contributed by atoms with van der Waals surface area (Å²) in [5.41, 5.74) is -1.66. The third-order valence-corrected chi connectivity index (χ3v) is 6.50. The maximum absolute atomic E-state index is 12.9. The highest BCUT2D eigenvalue weighted by Gasteiger charge is 2.47. The molecule has 0 aromatic heterocycles. The van der Waals surface area contributed by atoms with Crippen molar-refractivity contribution >= 4 is 17.7 Å². The van der Waals surface area contributed by atoms with Gasteiger partial charge in [-0.05, 0) is 51.4 Å². The van der Waals surface area contributed by atoms with Crippen LogP contribution in [0.25, 0.3) is 0 Å². The zero-order valence-corrected chi connectivity index (χ0v) is 23.0. The van der Waals surface area contributed by atoms with Crippen molar-refractivity contribution in [1.29, 1.82) is 0 Å². The molecule has 33 heavy (non-hydrogen) atoms. The number of carbonyl (C=O) groups is 3. The van der Waals surface area contributed by atoms with Gasteiger partial charge in [-0.3, -0.25) is 14.4 Å². The van der Waals surface area contributed by atoms with E-state index >= 15 is 0 Å². The van der Waals surface area contributed by atoms with E-state index in [-0.39, 0.29) is 41.8 Å². The van der Waals surface area contributed by atoms with Crippen LogP contribution in [0, 0.1) is 16.2 Å². The molecular weight excluding hydrogens is 422 g/mol. The molecule has 0 spiro atoms. The number of hydrogen-bond acceptors (Lipinski definition) is 7. The van der Waals surface area contributed by atoms with Crippen molar-refractivity contribution in [2.45, 2.75) is 107 Å². The molecule has 0 amide bonds. The van der Waals surface area contributed by atoms with Crippen molar-refractivity contribution < 1.29 is 28.6 Å². The van der Waals surface area contributed by atoms with Crippen molar-refractivity contribution in [3.05, 3.63) is 0 Å². The van der Waals surface area contributed by atoms with Gasteiger partial charge in [0.25, 0.3) is 0 Å². The lowest BCUT2D eigenvalue weighted by atomic mass is 9.61. The Morgan fingerprint density at radius 2 is 1.45 bits per heavy atom. The minimum absolute atomic E-state index is 0.0101. The summed E-state index contributed by atoms with van der Waals surface area (Å²) in [6, 6.07) is -0.522. The normalized spacial score (nSPS) is 16.9. The molecule has 1 N–H and O–H groups in total. The van der Waals surface area contributed by atoms with E-state index in [1.54, 1.807) is 13.8 Å². The number of Topliss-reactive ketones (excluding diaryl/α,β-unsaturated/α-hetero) is 1. The predicted molar refractivity (Wildman–Crippen MR) is 131 cm³/mol. The average molecular weight is 472 g/mol. The van der Waals surface area contributed by atoms with Gasteiger partial charge in [0, 0.05) is 13.0 Å². The van der Waals surface area contributed by atoms with Crippen LogP contribution in [0.2, 0.25) is 0 Å². The first kappa shape index (κ1) is 31.5. The molecule has 3 atom stereocenters. The summed E-state index contributed by atoms with van der Waals surface area (Å²) in [5.74, 6) is -0.605. The van der Waals surface area contributed by atoms with E-state index < -0.39 is 17.1 Å². The van der Waals surface area contributed by atoms with Gasteiger partial charge in [0.2, 0.25) is 0 Å². The highest BCUT2D eigenvalue weighted by Crippen LogP contribution is 2.47. The molecule has 0 rings (SSSR count). The number of carbonyl (C=O) groups excluding carboxylic acids is 3. The first-order valence-electron chi connectivity index (χ1n) is 12.1. The van der Waals surface area contributed by atoms with Gasteiger partial charge in [-0.2, -0.15) is 0 Å². The molecule has 0 heterocycles. The Morgan fingerprint density at radius 1 is 0.879 bits per heavy atom. The molecule has 7 heteroatoms. The first-order chi connectivity index (χ1) is 14.9. The summed E-state index contributed by atoms with van der Waals surface area (Å²) in [5, 5.41) is 3.04. The summed E-state index contributed by atoms with van der Waals surface area (Å²) in [6.45, 7) is 22.5. The van der Waals surface area contributed by atoms with Crippen LogP contribution in [-0.4, -0.2) is 55.7 Å². The van der Waals surface area contributed by atoms with Crippen molar-refractivity contribution in [2.75, 3.05) is 26.4 Å². The number of nitrogens with one attached hydrogen (secondary N) is 1. The van der Waals surface area contributed by atoms with Crippen molar-refractivity contribution in [2.24, 2.45) is 16.2 Å². The number of esters is 2. The van der Waals surface area contributed by atoms with E-state index in [4.69, 9.17) is 14.2 Å². The summed E-state index contributed by atoms with van der Waals surface area (Å²) < 4.78 is 16.5. The molecule has 7 nitrogen and oxygen atoms in total. The molecule has 194 valence electrons. The van der Waals surface area contributed by atoms with Crippen molar-refractivity contribution in [3.63, 3.8) is 0 Å².